The third-order valence-electron chi connectivity index (χ3n) is 3.41. The minimum absolute atomic E-state index is 0.0741. The maximum Gasteiger partial charge on any atom is 0.254 e. The molecular weight excluding hydrogens is 333 g/mol. The number of rotatable bonds is 4. The fraction of sp³-hybridized carbons (Fsp3) is 0.235. The molecule has 0 N–H and O–H groups in total. The van der Waals surface area contributed by atoms with E-state index in [2.05, 4.69) is 15.9 Å². The van der Waals surface area contributed by atoms with Gasteiger partial charge in [-0.3, -0.25) is 4.79 Å². The third-order valence-corrected chi connectivity index (χ3v) is 3.91. The largest absolute Gasteiger partial charge is 0.334 e. The Kier molecular flexibility index (Phi) is 5.12. The van der Waals surface area contributed by atoms with Crippen molar-refractivity contribution in [1.82, 2.24) is 4.90 Å². The maximum atomic E-state index is 13.9. The zero-order valence-electron chi connectivity index (χ0n) is 12.1. The molecule has 0 heterocycles. The molecule has 0 fully saturated rings. The molecule has 2 nitrogen and oxygen atoms in total. The molecular formula is C17H17BrFNO. The molecule has 0 aliphatic heterocycles. The Labute approximate surface area is 132 Å². The summed E-state index contributed by atoms with van der Waals surface area (Å²) in [5.74, 6) is -0.371. The number of carbonyl (C=O) groups is 1. The van der Waals surface area contributed by atoms with E-state index in [1.165, 1.54) is 6.07 Å². The smallest absolute Gasteiger partial charge is 0.254 e. The predicted molar refractivity (Wildman–Crippen MR) is 85.7 cm³/mol. The van der Waals surface area contributed by atoms with Gasteiger partial charge in [0, 0.05) is 28.7 Å². The maximum absolute atomic E-state index is 13.9. The summed E-state index contributed by atoms with van der Waals surface area (Å²) in [6.45, 7) is 4.58. The minimum Gasteiger partial charge on any atom is -0.334 e. The lowest BCUT2D eigenvalue weighted by molar-refractivity contribution is 0.0750. The zero-order valence-corrected chi connectivity index (χ0v) is 13.7. The Hall–Kier alpha value is -1.68. The first-order chi connectivity index (χ1) is 10.0. The fourth-order valence-electron chi connectivity index (χ4n) is 2.18. The second-order valence-corrected chi connectivity index (χ2v) is 5.79. The summed E-state index contributed by atoms with van der Waals surface area (Å²) in [6, 6.07) is 12.2. The van der Waals surface area contributed by atoms with Crippen LogP contribution in [0.4, 0.5) is 4.39 Å². The number of aryl methyl sites for hydroxylation is 1. The van der Waals surface area contributed by atoms with Crippen LogP contribution in [-0.2, 0) is 6.54 Å². The van der Waals surface area contributed by atoms with Gasteiger partial charge in [0.15, 0.2) is 0 Å². The van der Waals surface area contributed by atoms with E-state index in [4.69, 9.17) is 0 Å². The highest BCUT2D eigenvalue weighted by atomic mass is 79.9. The first-order valence-corrected chi connectivity index (χ1v) is 7.61. The zero-order chi connectivity index (χ0) is 15.4. The average Bonchev–Trinajstić information content (AvgIpc) is 2.48. The molecule has 4 heteroatoms. The molecule has 110 valence electrons. The Balaban J connectivity index is 2.26. The van der Waals surface area contributed by atoms with E-state index >= 15 is 0 Å². The SMILES string of the molecule is CCN(Cc1cc(Br)ccc1F)C(=O)c1ccccc1C. The standard InChI is InChI=1S/C17H17BrFNO/c1-3-20(11-13-10-14(18)8-9-16(13)19)17(21)15-7-5-4-6-12(15)2/h4-10H,3,11H2,1-2H3. The molecule has 0 saturated heterocycles. The van der Waals surface area contributed by atoms with Crippen LogP contribution in [0, 0.1) is 12.7 Å². The van der Waals surface area contributed by atoms with E-state index < -0.39 is 0 Å². The van der Waals surface area contributed by atoms with Gasteiger partial charge in [0.2, 0.25) is 0 Å². The topological polar surface area (TPSA) is 20.3 Å². The molecule has 21 heavy (non-hydrogen) atoms. The van der Waals surface area contributed by atoms with Crippen molar-refractivity contribution in [2.45, 2.75) is 20.4 Å². The number of hydrogen-bond donors (Lipinski definition) is 0. The summed E-state index contributed by atoms with van der Waals surface area (Å²) in [5, 5.41) is 0. The Morgan fingerprint density at radius 1 is 1.24 bits per heavy atom. The molecule has 0 unspecified atom stereocenters. The Morgan fingerprint density at radius 3 is 2.62 bits per heavy atom. The minimum atomic E-state index is -0.297. The van der Waals surface area contributed by atoms with Crippen molar-refractivity contribution in [1.29, 1.82) is 0 Å². The first-order valence-electron chi connectivity index (χ1n) is 6.81. The molecule has 0 aromatic heterocycles. The summed E-state index contributed by atoms with van der Waals surface area (Å²) < 4.78 is 14.7. The van der Waals surface area contributed by atoms with E-state index in [1.54, 1.807) is 23.1 Å². The van der Waals surface area contributed by atoms with Crippen molar-refractivity contribution < 1.29 is 9.18 Å². The highest BCUT2D eigenvalue weighted by Gasteiger charge is 2.17. The molecule has 0 aliphatic rings. The molecule has 0 radical (unpaired) electrons. The summed E-state index contributed by atoms with van der Waals surface area (Å²) in [4.78, 5) is 14.2. The highest BCUT2D eigenvalue weighted by molar-refractivity contribution is 9.10. The molecule has 2 aromatic rings. The van der Waals surface area contributed by atoms with Crippen molar-refractivity contribution in [3.8, 4) is 0 Å². The van der Waals surface area contributed by atoms with Gasteiger partial charge in [-0.05, 0) is 43.7 Å². The quantitative estimate of drug-likeness (QED) is 0.792. The van der Waals surface area contributed by atoms with Crippen molar-refractivity contribution in [3.05, 3.63) is 69.4 Å². The lowest BCUT2D eigenvalue weighted by Crippen LogP contribution is -2.31. The second kappa shape index (κ2) is 6.85. The molecule has 2 rings (SSSR count). The predicted octanol–water partition coefficient (Wildman–Crippen LogP) is 4.56. The number of hydrogen-bond acceptors (Lipinski definition) is 1. The molecule has 2 aromatic carbocycles. The summed E-state index contributed by atoms with van der Waals surface area (Å²) in [5.41, 5.74) is 2.10. The van der Waals surface area contributed by atoms with Gasteiger partial charge in [-0.2, -0.15) is 0 Å². The monoisotopic (exact) mass is 349 g/mol. The molecule has 0 bridgehead atoms. The Bertz CT molecular complexity index is 657. The van der Waals surface area contributed by atoms with E-state index in [1.807, 2.05) is 32.0 Å². The van der Waals surface area contributed by atoms with Gasteiger partial charge in [0.05, 0.1) is 0 Å². The van der Waals surface area contributed by atoms with E-state index in [0.29, 0.717) is 17.7 Å². The van der Waals surface area contributed by atoms with Gasteiger partial charge in [-0.1, -0.05) is 34.1 Å². The van der Waals surface area contributed by atoms with E-state index in [-0.39, 0.29) is 18.3 Å². The molecule has 0 atom stereocenters. The lowest BCUT2D eigenvalue weighted by atomic mass is 10.1. The summed E-state index contributed by atoms with van der Waals surface area (Å²) >= 11 is 3.33. The number of nitrogens with zero attached hydrogens (tertiary/aromatic N) is 1. The van der Waals surface area contributed by atoms with Crippen LogP contribution in [0.15, 0.2) is 46.9 Å². The molecule has 0 spiro atoms. The third kappa shape index (κ3) is 3.70. The van der Waals surface area contributed by atoms with Crippen LogP contribution >= 0.6 is 15.9 Å². The number of amides is 1. The number of benzene rings is 2. The first kappa shape index (κ1) is 15.7. The van der Waals surface area contributed by atoms with Gasteiger partial charge >= 0.3 is 0 Å². The van der Waals surface area contributed by atoms with E-state index in [0.717, 1.165) is 10.0 Å². The van der Waals surface area contributed by atoms with Crippen LogP contribution < -0.4 is 0 Å². The van der Waals surface area contributed by atoms with Gasteiger partial charge in [-0.15, -0.1) is 0 Å². The van der Waals surface area contributed by atoms with Crippen LogP contribution in [0.25, 0.3) is 0 Å². The van der Waals surface area contributed by atoms with Crippen LogP contribution in [0.1, 0.15) is 28.4 Å². The molecule has 1 amide bonds. The van der Waals surface area contributed by atoms with Crippen molar-refractivity contribution in [3.63, 3.8) is 0 Å². The summed E-state index contributed by atoms with van der Waals surface area (Å²) in [6.07, 6.45) is 0. The highest BCUT2D eigenvalue weighted by Crippen LogP contribution is 2.19. The van der Waals surface area contributed by atoms with Gasteiger partial charge in [0.1, 0.15) is 5.82 Å². The van der Waals surface area contributed by atoms with Gasteiger partial charge in [0.25, 0.3) is 5.91 Å². The van der Waals surface area contributed by atoms with Crippen LogP contribution in [-0.4, -0.2) is 17.4 Å². The van der Waals surface area contributed by atoms with Gasteiger partial charge in [-0.25, -0.2) is 4.39 Å². The van der Waals surface area contributed by atoms with Crippen LogP contribution in [0.5, 0.6) is 0 Å². The summed E-state index contributed by atoms with van der Waals surface area (Å²) in [7, 11) is 0. The van der Waals surface area contributed by atoms with Crippen molar-refractivity contribution in [2.75, 3.05) is 6.54 Å². The van der Waals surface area contributed by atoms with Crippen LogP contribution in [0.3, 0.4) is 0 Å². The molecule has 0 saturated carbocycles. The van der Waals surface area contributed by atoms with Crippen molar-refractivity contribution >= 4 is 21.8 Å². The number of halogens is 2. The average molecular weight is 350 g/mol. The van der Waals surface area contributed by atoms with Crippen molar-refractivity contribution in [2.24, 2.45) is 0 Å². The lowest BCUT2D eigenvalue weighted by Gasteiger charge is -2.22. The Morgan fingerprint density at radius 2 is 1.95 bits per heavy atom. The van der Waals surface area contributed by atoms with E-state index in [9.17, 15) is 9.18 Å². The fourth-order valence-corrected chi connectivity index (χ4v) is 2.59. The second-order valence-electron chi connectivity index (χ2n) is 4.87. The number of carbonyl (C=O) groups excluding carboxylic acids is 1. The normalized spacial score (nSPS) is 10.5. The van der Waals surface area contributed by atoms with Gasteiger partial charge < -0.3 is 4.90 Å². The molecule has 0 aliphatic carbocycles. The van der Waals surface area contributed by atoms with Crippen LogP contribution in [0.2, 0.25) is 0 Å².